The van der Waals surface area contributed by atoms with Gasteiger partial charge in [0, 0.05) is 18.2 Å². The minimum Gasteiger partial charge on any atom is -0.496 e. The Labute approximate surface area is 137 Å². The third kappa shape index (κ3) is 4.56. The van der Waals surface area contributed by atoms with Crippen LogP contribution in [0.3, 0.4) is 0 Å². The number of amides is 1. The number of halogens is 1. The second kappa shape index (κ2) is 7.78. The Hall–Kier alpha value is -1.89. The Morgan fingerprint density at radius 2 is 2.05 bits per heavy atom. The molecule has 0 saturated heterocycles. The van der Waals surface area contributed by atoms with Crippen molar-refractivity contribution in [3.8, 4) is 5.75 Å². The lowest BCUT2D eigenvalue weighted by Gasteiger charge is -2.05. The Morgan fingerprint density at radius 1 is 1.29 bits per heavy atom. The summed E-state index contributed by atoms with van der Waals surface area (Å²) in [7, 11) is 1.60. The predicted molar refractivity (Wildman–Crippen MR) is 91.8 cm³/mol. The maximum absolute atomic E-state index is 11.9. The SMILES string of the molecule is COc1ccc(C(=O)NN=CCc2ccccc2)cc1I. The first-order valence-electron chi connectivity index (χ1n) is 6.40. The summed E-state index contributed by atoms with van der Waals surface area (Å²) < 4.78 is 6.04. The van der Waals surface area contributed by atoms with Crippen molar-refractivity contribution in [2.24, 2.45) is 5.10 Å². The predicted octanol–water partition coefficient (Wildman–Crippen LogP) is 3.26. The lowest BCUT2D eigenvalue weighted by atomic mass is 10.2. The zero-order valence-electron chi connectivity index (χ0n) is 11.5. The average Bonchev–Trinajstić information content (AvgIpc) is 2.52. The number of hydrazone groups is 1. The van der Waals surface area contributed by atoms with Crippen LogP contribution < -0.4 is 10.2 Å². The molecular weight excluding hydrogens is 379 g/mol. The number of hydrogen-bond donors (Lipinski definition) is 1. The molecule has 2 aromatic rings. The van der Waals surface area contributed by atoms with Crippen LogP contribution in [0.5, 0.6) is 5.75 Å². The van der Waals surface area contributed by atoms with Crippen molar-refractivity contribution in [3.63, 3.8) is 0 Å². The van der Waals surface area contributed by atoms with Gasteiger partial charge in [0.15, 0.2) is 0 Å². The molecule has 0 heterocycles. The van der Waals surface area contributed by atoms with Crippen molar-refractivity contribution in [2.45, 2.75) is 6.42 Å². The van der Waals surface area contributed by atoms with Crippen molar-refractivity contribution >= 4 is 34.7 Å². The fraction of sp³-hybridized carbons (Fsp3) is 0.125. The molecule has 5 heteroatoms. The van der Waals surface area contributed by atoms with E-state index in [2.05, 4.69) is 33.1 Å². The van der Waals surface area contributed by atoms with Gasteiger partial charge in [0.2, 0.25) is 0 Å². The van der Waals surface area contributed by atoms with Crippen molar-refractivity contribution in [2.75, 3.05) is 7.11 Å². The van der Waals surface area contributed by atoms with Crippen LogP contribution in [0.25, 0.3) is 0 Å². The molecule has 0 aliphatic carbocycles. The summed E-state index contributed by atoms with van der Waals surface area (Å²) in [6.07, 6.45) is 2.36. The number of nitrogens with zero attached hydrogens (tertiary/aromatic N) is 1. The molecule has 0 unspecified atom stereocenters. The van der Waals surface area contributed by atoms with Gasteiger partial charge >= 0.3 is 0 Å². The first-order valence-corrected chi connectivity index (χ1v) is 7.48. The maximum Gasteiger partial charge on any atom is 0.271 e. The molecule has 21 heavy (non-hydrogen) atoms. The molecule has 0 radical (unpaired) electrons. The van der Waals surface area contributed by atoms with Gasteiger partial charge in [-0.15, -0.1) is 0 Å². The van der Waals surface area contributed by atoms with Gasteiger partial charge in [-0.05, 0) is 46.4 Å². The highest BCUT2D eigenvalue weighted by molar-refractivity contribution is 14.1. The van der Waals surface area contributed by atoms with Gasteiger partial charge in [0.25, 0.3) is 5.91 Å². The number of nitrogens with one attached hydrogen (secondary N) is 1. The third-order valence-electron chi connectivity index (χ3n) is 2.84. The summed E-state index contributed by atoms with van der Waals surface area (Å²) in [4.78, 5) is 11.9. The summed E-state index contributed by atoms with van der Waals surface area (Å²) in [6, 6.07) is 15.2. The molecule has 0 fully saturated rings. The van der Waals surface area contributed by atoms with E-state index in [0.717, 1.165) is 14.9 Å². The number of carbonyl (C=O) groups is 1. The van der Waals surface area contributed by atoms with Crippen LogP contribution in [0, 0.1) is 3.57 Å². The number of methoxy groups -OCH3 is 1. The highest BCUT2D eigenvalue weighted by Gasteiger charge is 2.07. The molecule has 2 rings (SSSR count). The summed E-state index contributed by atoms with van der Waals surface area (Å²) in [6.45, 7) is 0. The van der Waals surface area contributed by atoms with E-state index in [4.69, 9.17) is 4.74 Å². The number of rotatable bonds is 5. The minimum absolute atomic E-state index is 0.236. The van der Waals surface area contributed by atoms with Crippen molar-refractivity contribution in [3.05, 3.63) is 63.2 Å². The summed E-state index contributed by atoms with van der Waals surface area (Å²) in [5.41, 5.74) is 4.22. The molecule has 2 aromatic carbocycles. The van der Waals surface area contributed by atoms with E-state index in [1.807, 2.05) is 30.3 Å². The van der Waals surface area contributed by atoms with Crippen LogP contribution in [-0.2, 0) is 6.42 Å². The number of hydrogen-bond acceptors (Lipinski definition) is 3. The van der Waals surface area contributed by atoms with Crippen LogP contribution in [0.1, 0.15) is 15.9 Å². The van der Waals surface area contributed by atoms with Gasteiger partial charge in [-0.25, -0.2) is 5.43 Å². The van der Waals surface area contributed by atoms with Gasteiger partial charge in [-0.1, -0.05) is 30.3 Å². The van der Waals surface area contributed by atoms with E-state index in [0.29, 0.717) is 12.0 Å². The standard InChI is InChI=1S/C16H15IN2O2/c1-21-15-8-7-13(11-14(15)17)16(20)19-18-10-9-12-5-3-2-4-6-12/h2-8,10-11H,9H2,1H3,(H,19,20). The van der Waals surface area contributed by atoms with Crippen LogP contribution in [0.4, 0.5) is 0 Å². The number of benzene rings is 2. The van der Waals surface area contributed by atoms with E-state index in [1.54, 1.807) is 31.5 Å². The topological polar surface area (TPSA) is 50.7 Å². The molecule has 0 atom stereocenters. The Kier molecular flexibility index (Phi) is 5.74. The van der Waals surface area contributed by atoms with Crippen molar-refractivity contribution in [1.29, 1.82) is 0 Å². The van der Waals surface area contributed by atoms with Crippen molar-refractivity contribution in [1.82, 2.24) is 5.43 Å². The van der Waals surface area contributed by atoms with E-state index in [9.17, 15) is 4.79 Å². The molecule has 1 N–H and O–H groups in total. The molecular formula is C16H15IN2O2. The highest BCUT2D eigenvalue weighted by atomic mass is 127. The molecule has 0 saturated carbocycles. The molecule has 1 amide bonds. The van der Waals surface area contributed by atoms with Crippen LogP contribution >= 0.6 is 22.6 Å². The average molecular weight is 394 g/mol. The van der Waals surface area contributed by atoms with E-state index in [-0.39, 0.29) is 5.91 Å². The lowest BCUT2D eigenvalue weighted by molar-refractivity contribution is 0.0955. The quantitative estimate of drug-likeness (QED) is 0.481. The largest absolute Gasteiger partial charge is 0.496 e. The molecule has 0 aliphatic rings. The second-order valence-corrected chi connectivity index (χ2v) is 5.45. The molecule has 0 aromatic heterocycles. The van der Waals surface area contributed by atoms with Gasteiger partial charge in [0.05, 0.1) is 10.7 Å². The van der Waals surface area contributed by atoms with E-state index >= 15 is 0 Å². The lowest BCUT2D eigenvalue weighted by Crippen LogP contribution is -2.17. The van der Waals surface area contributed by atoms with E-state index < -0.39 is 0 Å². The number of ether oxygens (including phenoxy) is 1. The third-order valence-corrected chi connectivity index (χ3v) is 3.68. The Morgan fingerprint density at radius 3 is 2.71 bits per heavy atom. The van der Waals surface area contributed by atoms with E-state index in [1.165, 1.54) is 0 Å². The molecule has 4 nitrogen and oxygen atoms in total. The van der Waals surface area contributed by atoms with Crippen LogP contribution in [0.2, 0.25) is 0 Å². The first kappa shape index (κ1) is 15.5. The Balaban J connectivity index is 1.91. The summed E-state index contributed by atoms with van der Waals surface area (Å²) in [5, 5.41) is 3.96. The smallest absolute Gasteiger partial charge is 0.271 e. The second-order valence-electron chi connectivity index (χ2n) is 4.29. The summed E-state index contributed by atoms with van der Waals surface area (Å²) in [5.74, 6) is 0.514. The first-order chi connectivity index (χ1) is 10.2. The van der Waals surface area contributed by atoms with Crippen LogP contribution in [0.15, 0.2) is 53.6 Å². The molecule has 0 spiro atoms. The molecule has 0 aliphatic heterocycles. The zero-order chi connectivity index (χ0) is 15.1. The van der Waals surface area contributed by atoms with Crippen LogP contribution in [-0.4, -0.2) is 19.2 Å². The van der Waals surface area contributed by atoms with Gasteiger partial charge in [-0.3, -0.25) is 4.79 Å². The minimum atomic E-state index is -0.236. The van der Waals surface area contributed by atoms with Gasteiger partial charge < -0.3 is 4.74 Å². The molecule has 108 valence electrons. The Bertz CT molecular complexity index is 642. The summed E-state index contributed by atoms with van der Waals surface area (Å²) >= 11 is 2.13. The normalized spacial score (nSPS) is 10.6. The fourth-order valence-electron chi connectivity index (χ4n) is 1.74. The number of carbonyl (C=O) groups excluding carboxylic acids is 1. The zero-order valence-corrected chi connectivity index (χ0v) is 13.7. The van der Waals surface area contributed by atoms with Gasteiger partial charge in [-0.2, -0.15) is 5.10 Å². The fourth-order valence-corrected chi connectivity index (χ4v) is 2.48. The monoisotopic (exact) mass is 394 g/mol. The van der Waals surface area contributed by atoms with Gasteiger partial charge in [0.1, 0.15) is 5.75 Å². The maximum atomic E-state index is 11.9. The highest BCUT2D eigenvalue weighted by Crippen LogP contribution is 2.21. The van der Waals surface area contributed by atoms with Crippen molar-refractivity contribution < 1.29 is 9.53 Å². The molecule has 0 bridgehead atoms.